The van der Waals surface area contributed by atoms with Gasteiger partial charge in [-0.25, -0.2) is 15.0 Å². The van der Waals surface area contributed by atoms with Crippen molar-refractivity contribution in [1.82, 2.24) is 34.9 Å². The van der Waals surface area contributed by atoms with Crippen LogP contribution in [0.25, 0.3) is 5.65 Å². The molecule has 9 heteroatoms. The van der Waals surface area contributed by atoms with Gasteiger partial charge in [-0.2, -0.15) is 0 Å². The van der Waals surface area contributed by atoms with E-state index in [2.05, 4.69) is 35.4 Å². The maximum atomic E-state index is 12.2. The topological polar surface area (TPSA) is 101 Å². The Balaban J connectivity index is 1.42. The van der Waals surface area contributed by atoms with Crippen LogP contribution < -0.4 is 10.2 Å². The second-order valence-corrected chi connectivity index (χ2v) is 6.02. The van der Waals surface area contributed by atoms with Crippen LogP contribution in [0.1, 0.15) is 29.2 Å². The number of anilines is 1. The molecule has 1 aliphatic rings. The van der Waals surface area contributed by atoms with Crippen molar-refractivity contribution >= 4 is 17.4 Å². The second-order valence-electron chi connectivity index (χ2n) is 6.02. The average molecular weight is 338 g/mol. The maximum Gasteiger partial charge on any atom is 0.270 e. The lowest BCUT2D eigenvalue weighted by Crippen LogP contribution is -2.45. The van der Waals surface area contributed by atoms with Crippen LogP contribution in [0.3, 0.4) is 0 Å². The van der Waals surface area contributed by atoms with Crippen LogP contribution in [0.5, 0.6) is 0 Å². The van der Waals surface area contributed by atoms with E-state index in [0.717, 1.165) is 43.2 Å². The Kier molecular flexibility index (Phi) is 3.96. The van der Waals surface area contributed by atoms with Crippen molar-refractivity contribution in [3.63, 3.8) is 0 Å². The van der Waals surface area contributed by atoms with Gasteiger partial charge in [-0.3, -0.25) is 9.20 Å². The number of rotatable bonds is 3. The number of carbonyl (C=O) groups is 1. The van der Waals surface area contributed by atoms with Crippen molar-refractivity contribution in [1.29, 1.82) is 0 Å². The molecule has 0 bridgehead atoms. The van der Waals surface area contributed by atoms with E-state index in [0.29, 0.717) is 5.69 Å². The Morgan fingerprint density at radius 2 is 2.04 bits per heavy atom. The number of hydrogen-bond donors (Lipinski definition) is 1. The highest BCUT2D eigenvalue weighted by Crippen LogP contribution is 2.22. The minimum Gasteiger partial charge on any atom is -0.353 e. The number of fused-ring (bicyclic) bond motifs is 1. The molecule has 9 nitrogen and oxygen atoms in total. The smallest absolute Gasteiger partial charge is 0.270 e. The molecule has 3 aromatic heterocycles. The monoisotopic (exact) mass is 338 g/mol. The summed E-state index contributed by atoms with van der Waals surface area (Å²) in [7, 11) is 0. The van der Waals surface area contributed by atoms with Crippen molar-refractivity contribution in [2.45, 2.75) is 25.8 Å². The summed E-state index contributed by atoms with van der Waals surface area (Å²) < 4.78 is 1.94. The molecule has 1 aliphatic heterocycles. The van der Waals surface area contributed by atoms with Crippen molar-refractivity contribution in [2.24, 2.45) is 0 Å². The van der Waals surface area contributed by atoms with Gasteiger partial charge in [0.15, 0.2) is 5.82 Å². The fourth-order valence-corrected chi connectivity index (χ4v) is 3.07. The second kappa shape index (κ2) is 6.42. The van der Waals surface area contributed by atoms with E-state index < -0.39 is 0 Å². The quantitative estimate of drug-likeness (QED) is 0.747. The lowest BCUT2D eigenvalue weighted by Gasteiger charge is -2.33. The van der Waals surface area contributed by atoms with E-state index in [1.807, 2.05) is 17.5 Å². The molecule has 25 heavy (non-hydrogen) atoms. The Morgan fingerprint density at radius 1 is 1.20 bits per heavy atom. The van der Waals surface area contributed by atoms with Crippen LogP contribution in [0, 0.1) is 6.92 Å². The molecule has 0 aromatic carbocycles. The van der Waals surface area contributed by atoms with Gasteiger partial charge < -0.3 is 10.2 Å². The largest absolute Gasteiger partial charge is 0.353 e. The Morgan fingerprint density at radius 3 is 2.80 bits per heavy atom. The summed E-state index contributed by atoms with van der Waals surface area (Å²) in [5.74, 6) is 1.52. The van der Waals surface area contributed by atoms with E-state index in [-0.39, 0.29) is 11.9 Å². The summed E-state index contributed by atoms with van der Waals surface area (Å²) in [6, 6.07) is 1.74. The van der Waals surface area contributed by atoms with Crippen LogP contribution in [0.2, 0.25) is 0 Å². The number of hydrogen-bond acceptors (Lipinski definition) is 7. The molecule has 0 unspecified atom stereocenters. The summed E-state index contributed by atoms with van der Waals surface area (Å²) in [6.07, 6.45) is 8.26. The molecular weight excluding hydrogens is 320 g/mol. The fraction of sp³-hybridized carbons (Fsp3) is 0.375. The number of amides is 1. The predicted molar refractivity (Wildman–Crippen MR) is 90.3 cm³/mol. The van der Waals surface area contributed by atoms with Crippen LogP contribution in [-0.2, 0) is 0 Å². The number of carbonyl (C=O) groups excluding carboxylic acids is 1. The minimum atomic E-state index is -0.158. The zero-order chi connectivity index (χ0) is 17.2. The Labute approximate surface area is 144 Å². The zero-order valence-corrected chi connectivity index (χ0v) is 13.8. The van der Waals surface area contributed by atoms with Gasteiger partial charge in [0, 0.05) is 37.7 Å². The van der Waals surface area contributed by atoms with Gasteiger partial charge in [-0.1, -0.05) is 0 Å². The highest BCUT2D eigenvalue weighted by Gasteiger charge is 2.24. The van der Waals surface area contributed by atoms with Crippen LogP contribution in [0.15, 0.2) is 31.0 Å². The standard InChI is InChI=1S/C16H18N8O/c1-11-21-22-15-14(18-6-9-24(11)15)23-7-3-12(4-8-23)20-16(25)13-2-5-17-10-19-13/h2,5-6,9-10,12H,3-4,7-8H2,1H3,(H,20,25). The predicted octanol–water partition coefficient (Wildman–Crippen LogP) is 0.622. The van der Waals surface area contributed by atoms with Gasteiger partial charge in [-0.05, 0) is 25.8 Å². The number of nitrogens with one attached hydrogen (secondary N) is 1. The molecular formula is C16H18N8O. The van der Waals surface area contributed by atoms with E-state index in [9.17, 15) is 4.79 Å². The van der Waals surface area contributed by atoms with Crippen LogP contribution in [0.4, 0.5) is 5.82 Å². The Bertz CT molecular complexity index is 886. The third-order valence-electron chi connectivity index (χ3n) is 4.42. The lowest BCUT2D eigenvalue weighted by molar-refractivity contribution is 0.0926. The molecule has 4 rings (SSSR count). The molecule has 1 saturated heterocycles. The third-order valence-corrected chi connectivity index (χ3v) is 4.42. The van der Waals surface area contributed by atoms with Crippen molar-refractivity contribution in [2.75, 3.05) is 18.0 Å². The SMILES string of the molecule is Cc1nnc2c(N3CCC(NC(=O)c4ccncn4)CC3)nccn12. The first-order chi connectivity index (χ1) is 12.2. The third kappa shape index (κ3) is 3.00. The summed E-state index contributed by atoms with van der Waals surface area (Å²) >= 11 is 0. The molecule has 0 atom stereocenters. The first-order valence-electron chi connectivity index (χ1n) is 8.20. The number of nitrogens with zero attached hydrogens (tertiary/aromatic N) is 7. The van der Waals surface area contributed by atoms with Crippen molar-refractivity contribution in [3.05, 3.63) is 42.5 Å². The highest BCUT2D eigenvalue weighted by atomic mass is 16.1. The van der Waals surface area contributed by atoms with E-state index in [1.165, 1.54) is 6.33 Å². The molecule has 0 spiro atoms. The highest BCUT2D eigenvalue weighted by molar-refractivity contribution is 5.92. The number of aryl methyl sites for hydroxylation is 1. The molecule has 1 N–H and O–H groups in total. The summed E-state index contributed by atoms with van der Waals surface area (Å²) in [5.41, 5.74) is 1.16. The average Bonchev–Trinajstić information content (AvgIpc) is 3.04. The van der Waals surface area contributed by atoms with Gasteiger partial charge in [0.05, 0.1) is 0 Å². The number of piperidine rings is 1. The lowest BCUT2D eigenvalue weighted by atomic mass is 10.0. The number of aromatic nitrogens is 6. The molecule has 0 radical (unpaired) electrons. The summed E-state index contributed by atoms with van der Waals surface area (Å²) in [4.78, 5) is 26.7. The Hall–Kier alpha value is -3.10. The van der Waals surface area contributed by atoms with Crippen LogP contribution >= 0.6 is 0 Å². The normalized spacial score (nSPS) is 15.5. The minimum absolute atomic E-state index is 0.123. The van der Waals surface area contributed by atoms with E-state index >= 15 is 0 Å². The molecule has 3 aromatic rings. The first kappa shape index (κ1) is 15.4. The van der Waals surface area contributed by atoms with Gasteiger partial charge >= 0.3 is 0 Å². The molecule has 128 valence electrons. The van der Waals surface area contributed by atoms with Gasteiger partial charge in [0.1, 0.15) is 17.8 Å². The fourth-order valence-electron chi connectivity index (χ4n) is 3.07. The van der Waals surface area contributed by atoms with Crippen LogP contribution in [-0.4, -0.2) is 54.6 Å². The first-order valence-corrected chi connectivity index (χ1v) is 8.20. The molecule has 1 amide bonds. The van der Waals surface area contributed by atoms with Gasteiger partial charge in [-0.15, -0.1) is 10.2 Å². The molecule has 1 fully saturated rings. The molecule has 0 aliphatic carbocycles. The van der Waals surface area contributed by atoms with Gasteiger partial charge in [0.2, 0.25) is 5.65 Å². The van der Waals surface area contributed by atoms with Crippen molar-refractivity contribution in [3.8, 4) is 0 Å². The molecule has 4 heterocycles. The summed E-state index contributed by atoms with van der Waals surface area (Å²) in [5, 5.41) is 11.4. The zero-order valence-electron chi connectivity index (χ0n) is 13.8. The summed E-state index contributed by atoms with van der Waals surface area (Å²) in [6.45, 7) is 3.51. The molecule has 0 saturated carbocycles. The van der Waals surface area contributed by atoms with E-state index in [1.54, 1.807) is 18.5 Å². The van der Waals surface area contributed by atoms with Gasteiger partial charge in [0.25, 0.3) is 5.91 Å². The van der Waals surface area contributed by atoms with Crippen molar-refractivity contribution < 1.29 is 4.79 Å². The maximum absolute atomic E-state index is 12.2. The van der Waals surface area contributed by atoms with E-state index in [4.69, 9.17) is 0 Å².